The van der Waals surface area contributed by atoms with Gasteiger partial charge in [0.15, 0.2) is 17.0 Å². The van der Waals surface area contributed by atoms with E-state index in [-0.39, 0.29) is 5.91 Å². The third-order valence-electron chi connectivity index (χ3n) is 9.19. The summed E-state index contributed by atoms with van der Waals surface area (Å²) in [5.41, 5.74) is 7.14. The molecule has 10 nitrogen and oxygen atoms in total. The minimum absolute atomic E-state index is 0.280. The normalized spacial score (nSPS) is 13.2. The molecule has 0 radical (unpaired) electrons. The van der Waals surface area contributed by atoms with E-state index < -0.39 is 0 Å². The molecule has 4 aromatic carbocycles. The van der Waals surface area contributed by atoms with Gasteiger partial charge in [0.1, 0.15) is 6.33 Å². The topological polar surface area (TPSA) is 100 Å². The molecule has 0 aliphatic carbocycles. The summed E-state index contributed by atoms with van der Waals surface area (Å²) in [5, 5.41) is 6.35. The van der Waals surface area contributed by atoms with Crippen molar-refractivity contribution in [2.75, 3.05) is 47.2 Å². The van der Waals surface area contributed by atoms with Crippen LogP contribution in [-0.4, -0.2) is 52.2 Å². The lowest BCUT2D eigenvalue weighted by atomic mass is 9.97. The highest BCUT2D eigenvalue weighted by Gasteiger charge is 2.22. The number of ether oxygens (including phenoxy) is 1. The number of imidazole rings is 1. The summed E-state index contributed by atoms with van der Waals surface area (Å²) in [6.07, 6.45) is 5.27. The van der Waals surface area contributed by atoms with Gasteiger partial charge in [0.25, 0.3) is 0 Å². The number of carbonyl (C=O) groups excluding carboxylic acids is 1. The van der Waals surface area contributed by atoms with E-state index in [4.69, 9.17) is 19.7 Å². The van der Waals surface area contributed by atoms with Crippen molar-refractivity contribution < 1.29 is 9.53 Å². The van der Waals surface area contributed by atoms with Gasteiger partial charge in [-0.25, -0.2) is 4.98 Å². The van der Waals surface area contributed by atoms with Gasteiger partial charge in [-0.15, -0.1) is 0 Å². The van der Waals surface area contributed by atoms with Gasteiger partial charge in [0.05, 0.1) is 5.69 Å². The second kappa shape index (κ2) is 15.7. The standard InChI is InChI=1S/C41H42N8O2/c1-3-37(50)43-34-15-10-16-36(25-34)49-29-42-38-39(48(26-30-11-6-4-7-12-30)27-31-13-8-5-9-14-31)45-41(46-40(38)49)44-33-17-19-35(20-18-33)47-23-21-32(22-24-47)28-51-2/h3-20,25,29,32H,1,21-24,26-28H2,2H3,(H,43,50)(H,44,45,46). The van der Waals surface area contributed by atoms with Crippen LogP contribution >= 0.6 is 0 Å². The van der Waals surface area contributed by atoms with E-state index in [1.807, 2.05) is 41.0 Å². The lowest BCUT2D eigenvalue weighted by Crippen LogP contribution is -2.34. The highest BCUT2D eigenvalue weighted by molar-refractivity contribution is 5.99. The number of carbonyl (C=O) groups is 1. The van der Waals surface area contributed by atoms with Crippen LogP contribution < -0.4 is 20.4 Å². The molecule has 1 saturated heterocycles. The molecule has 1 amide bonds. The van der Waals surface area contributed by atoms with E-state index in [0.29, 0.717) is 47.6 Å². The molecule has 7 rings (SSSR count). The summed E-state index contributed by atoms with van der Waals surface area (Å²) in [6.45, 7) is 7.68. The minimum Gasteiger partial charge on any atom is -0.384 e. The molecule has 51 heavy (non-hydrogen) atoms. The summed E-state index contributed by atoms with van der Waals surface area (Å²) < 4.78 is 7.31. The first-order valence-corrected chi connectivity index (χ1v) is 17.3. The Hall–Kier alpha value is -6.00. The Kier molecular flexibility index (Phi) is 10.3. The second-order valence-electron chi connectivity index (χ2n) is 12.8. The van der Waals surface area contributed by atoms with E-state index in [9.17, 15) is 4.79 Å². The van der Waals surface area contributed by atoms with Crippen molar-refractivity contribution in [3.63, 3.8) is 0 Å². The van der Waals surface area contributed by atoms with Crippen LogP contribution in [0.4, 0.5) is 28.8 Å². The van der Waals surface area contributed by atoms with Crippen LogP contribution in [0.3, 0.4) is 0 Å². The summed E-state index contributed by atoms with van der Waals surface area (Å²) in [5.74, 6) is 1.51. The Balaban J connectivity index is 1.26. The SMILES string of the molecule is C=CC(=O)Nc1cccc(-n2cnc3c(N(Cc4ccccc4)Cc4ccccc4)nc(Nc4ccc(N5CCC(COC)CC5)cc4)nc32)c1. The van der Waals surface area contributed by atoms with Crippen molar-refractivity contribution in [1.82, 2.24) is 19.5 Å². The molecule has 2 N–H and O–H groups in total. The maximum absolute atomic E-state index is 12.1. The van der Waals surface area contributed by atoms with Crippen LogP contribution in [0.25, 0.3) is 16.9 Å². The zero-order valence-corrected chi connectivity index (χ0v) is 28.8. The van der Waals surface area contributed by atoms with E-state index in [1.165, 1.54) is 11.8 Å². The third kappa shape index (κ3) is 8.08. The summed E-state index contributed by atoms with van der Waals surface area (Å²) in [7, 11) is 1.78. The number of nitrogens with zero attached hydrogens (tertiary/aromatic N) is 6. The quantitative estimate of drug-likeness (QED) is 0.120. The van der Waals surface area contributed by atoms with E-state index in [2.05, 4.69) is 99.8 Å². The zero-order chi connectivity index (χ0) is 35.0. The predicted octanol–water partition coefficient (Wildman–Crippen LogP) is 7.75. The fraction of sp³-hybridized carbons (Fsp3) is 0.220. The van der Waals surface area contributed by atoms with Gasteiger partial charge >= 0.3 is 0 Å². The van der Waals surface area contributed by atoms with Crippen molar-refractivity contribution in [3.05, 3.63) is 139 Å². The highest BCUT2D eigenvalue weighted by atomic mass is 16.5. The molecular weight excluding hydrogens is 637 g/mol. The number of aromatic nitrogens is 4. The highest BCUT2D eigenvalue weighted by Crippen LogP contribution is 2.31. The number of amides is 1. The molecule has 1 aliphatic rings. The molecule has 0 unspecified atom stereocenters. The van der Waals surface area contributed by atoms with Gasteiger partial charge in [-0.1, -0.05) is 73.3 Å². The summed E-state index contributed by atoms with van der Waals surface area (Å²) >= 11 is 0. The number of hydrogen-bond donors (Lipinski definition) is 2. The van der Waals surface area contributed by atoms with Gasteiger partial charge in [-0.05, 0) is 78.4 Å². The molecule has 3 heterocycles. The molecule has 1 fully saturated rings. The molecule has 6 aromatic rings. The predicted molar refractivity (Wildman–Crippen MR) is 205 cm³/mol. The number of nitrogens with one attached hydrogen (secondary N) is 2. The molecule has 0 bridgehead atoms. The van der Waals surface area contributed by atoms with Crippen LogP contribution in [0.5, 0.6) is 0 Å². The van der Waals surface area contributed by atoms with Crippen molar-refractivity contribution in [1.29, 1.82) is 0 Å². The molecule has 258 valence electrons. The lowest BCUT2D eigenvalue weighted by molar-refractivity contribution is -0.111. The molecule has 0 spiro atoms. The molecule has 0 saturated carbocycles. The Labute approximate surface area is 298 Å². The molecular formula is C41H42N8O2. The fourth-order valence-corrected chi connectivity index (χ4v) is 6.57. The minimum atomic E-state index is -0.280. The van der Waals surface area contributed by atoms with Gasteiger partial charge in [-0.3, -0.25) is 9.36 Å². The molecule has 2 aromatic heterocycles. The van der Waals surface area contributed by atoms with Crippen molar-refractivity contribution in [2.24, 2.45) is 5.92 Å². The number of piperidine rings is 1. The Morgan fingerprint density at radius 2 is 1.55 bits per heavy atom. The lowest BCUT2D eigenvalue weighted by Gasteiger charge is -2.33. The first kappa shape index (κ1) is 33.5. The number of hydrogen-bond acceptors (Lipinski definition) is 8. The first-order valence-electron chi connectivity index (χ1n) is 17.3. The van der Waals surface area contributed by atoms with Crippen LogP contribution in [0.15, 0.2) is 128 Å². The van der Waals surface area contributed by atoms with Gasteiger partial charge in [0, 0.05) is 57.0 Å². The van der Waals surface area contributed by atoms with Crippen LogP contribution in [0.1, 0.15) is 24.0 Å². The van der Waals surface area contributed by atoms with E-state index in [1.54, 1.807) is 13.4 Å². The fourth-order valence-electron chi connectivity index (χ4n) is 6.57. The third-order valence-corrected chi connectivity index (χ3v) is 9.19. The molecule has 0 atom stereocenters. The smallest absolute Gasteiger partial charge is 0.247 e. The van der Waals surface area contributed by atoms with Crippen LogP contribution in [0, 0.1) is 5.92 Å². The Bertz CT molecular complexity index is 2030. The zero-order valence-electron chi connectivity index (χ0n) is 28.8. The number of benzene rings is 4. The average Bonchev–Trinajstić information content (AvgIpc) is 3.60. The second-order valence-corrected chi connectivity index (χ2v) is 12.8. The number of rotatable bonds is 13. The summed E-state index contributed by atoms with van der Waals surface area (Å²) in [6, 6.07) is 36.8. The van der Waals surface area contributed by atoms with Crippen LogP contribution in [-0.2, 0) is 22.6 Å². The molecule has 1 aliphatic heterocycles. The number of methoxy groups -OCH3 is 1. The van der Waals surface area contributed by atoms with Gasteiger partial charge in [0.2, 0.25) is 11.9 Å². The van der Waals surface area contributed by atoms with Crippen molar-refractivity contribution in [3.8, 4) is 5.69 Å². The Morgan fingerprint density at radius 1 is 0.863 bits per heavy atom. The Morgan fingerprint density at radius 3 is 2.20 bits per heavy atom. The average molecular weight is 679 g/mol. The summed E-state index contributed by atoms with van der Waals surface area (Å²) in [4.78, 5) is 31.8. The van der Waals surface area contributed by atoms with E-state index in [0.717, 1.165) is 55.0 Å². The largest absolute Gasteiger partial charge is 0.384 e. The van der Waals surface area contributed by atoms with Crippen molar-refractivity contribution in [2.45, 2.75) is 25.9 Å². The van der Waals surface area contributed by atoms with Crippen molar-refractivity contribution >= 4 is 45.9 Å². The first-order chi connectivity index (χ1) is 25.1. The number of fused-ring (bicyclic) bond motifs is 1. The molecule has 10 heteroatoms. The van der Waals surface area contributed by atoms with E-state index >= 15 is 0 Å². The van der Waals surface area contributed by atoms with Gasteiger partial charge in [-0.2, -0.15) is 9.97 Å². The van der Waals surface area contributed by atoms with Gasteiger partial charge < -0.3 is 25.2 Å². The number of anilines is 5. The van der Waals surface area contributed by atoms with Crippen LogP contribution in [0.2, 0.25) is 0 Å². The maximum atomic E-state index is 12.1. The maximum Gasteiger partial charge on any atom is 0.247 e. The monoisotopic (exact) mass is 678 g/mol.